The molecule has 11 heteroatoms. The minimum Gasteiger partial charge on any atom is -0.443 e. The Morgan fingerprint density at radius 1 is 1.04 bits per heavy atom. The fourth-order valence-corrected chi connectivity index (χ4v) is 8.26. The van der Waals surface area contributed by atoms with E-state index in [1.165, 1.54) is 9.87 Å². The number of hydrogen-bond donors (Lipinski definition) is 2. The molecular weight excluding hydrogens is 594 g/mol. The zero-order chi connectivity index (χ0) is 32.0. The first-order chi connectivity index (χ1) is 21.6. The molecule has 0 aliphatic carbocycles. The van der Waals surface area contributed by atoms with E-state index >= 15 is 0 Å². The summed E-state index contributed by atoms with van der Waals surface area (Å²) >= 11 is 0. The van der Waals surface area contributed by atoms with Gasteiger partial charge >= 0.3 is 6.09 Å². The van der Waals surface area contributed by atoms with E-state index in [-0.39, 0.29) is 48.6 Å². The van der Waals surface area contributed by atoms with Crippen LogP contribution >= 0.6 is 0 Å². The van der Waals surface area contributed by atoms with Gasteiger partial charge in [0.05, 0.1) is 36.2 Å². The van der Waals surface area contributed by atoms with Gasteiger partial charge in [-0.3, -0.25) is 4.90 Å². The van der Waals surface area contributed by atoms with Gasteiger partial charge in [0.2, 0.25) is 10.0 Å². The number of piperidine rings is 1. The fraction of sp³-hybridized carbons (Fsp3) is 0.618. The molecule has 10 nitrogen and oxygen atoms in total. The van der Waals surface area contributed by atoms with Crippen molar-refractivity contribution in [1.29, 1.82) is 0 Å². The molecule has 5 rings (SSSR count). The standard InChI is InChI=1S/C34H49N3O7S/c1-24(2)20-37(45(40,41)28-11-9-25(3)10-12-28)22-31(38)30(35-34(39)44-32-23-43-33-29(32)15-18-42-33)19-26-13-16-36(17-14-26)21-27-7-5-4-6-8-27/h4-12,24,26,29-33,38H,13-23H2,1-3H3,(H,35,39)/t29?,30-,31+,32-,33+/m0/s1. The molecule has 3 saturated heterocycles. The highest BCUT2D eigenvalue weighted by Crippen LogP contribution is 2.33. The second kappa shape index (κ2) is 15.4. The van der Waals surface area contributed by atoms with E-state index in [4.69, 9.17) is 14.2 Å². The van der Waals surface area contributed by atoms with Crippen LogP contribution in [0.5, 0.6) is 0 Å². The van der Waals surface area contributed by atoms with Crippen molar-refractivity contribution in [3.8, 4) is 0 Å². The Bertz CT molecular complexity index is 1330. The molecule has 3 heterocycles. The fourth-order valence-electron chi connectivity index (χ4n) is 6.64. The zero-order valence-corrected chi connectivity index (χ0v) is 27.5. The first-order valence-corrected chi connectivity index (χ1v) is 17.7. The molecular formula is C34H49N3O7S. The van der Waals surface area contributed by atoms with Crippen molar-refractivity contribution in [2.75, 3.05) is 39.4 Å². The van der Waals surface area contributed by atoms with Crippen molar-refractivity contribution in [1.82, 2.24) is 14.5 Å². The number of likely N-dealkylation sites (tertiary alicyclic amines) is 1. The van der Waals surface area contributed by atoms with Crippen LogP contribution in [-0.4, -0.2) is 92.8 Å². The third-order valence-corrected chi connectivity index (χ3v) is 11.0. The molecule has 0 saturated carbocycles. The number of hydrogen-bond acceptors (Lipinski definition) is 8. The maximum Gasteiger partial charge on any atom is 0.407 e. The second-order valence-corrected chi connectivity index (χ2v) is 15.2. The van der Waals surface area contributed by atoms with Gasteiger partial charge in [0.15, 0.2) is 6.29 Å². The van der Waals surface area contributed by atoms with Crippen LogP contribution in [0.2, 0.25) is 0 Å². The summed E-state index contributed by atoms with van der Waals surface area (Å²) in [7, 11) is -3.88. The van der Waals surface area contributed by atoms with Crippen LogP contribution in [-0.2, 0) is 30.8 Å². The van der Waals surface area contributed by atoms with Gasteiger partial charge in [-0.15, -0.1) is 0 Å². The number of aryl methyl sites for hydroxylation is 1. The predicted octanol–water partition coefficient (Wildman–Crippen LogP) is 4.16. The number of aliphatic hydroxyl groups is 1. The van der Waals surface area contributed by atoms with Crippen molar-refractivity contribution in [2.24, 2.45) is 17.8 Å². The summed E-state index contributed by atoms with van der Waals surface area (Å²) in [6, 6.07) is 16.5. The van der Waals surface area contributed by atoms with E-state index in [0.29, 0.717) is 13.0 Å². The smallest absolute Gasteiger partial charge is 0.407 e. The lowest BCUT2D eigenvalue weighted by atomic mass is 9.88. The summed E-state index contributed by atoms with van der Waals surface area (Å²) in [5.41, 5.74) is 2.24. The Morgan fingerprint density at radius 3 is 2.44 bits per heavy atom. The quantitative estimate of drug-likeness (QED) is 0.334. The van der Waals surface area contributed by atoms with Crippen molar-refractivity contribution in [2.45, 2.75) is 82.4 Å². The minimum atomic E-state index is -3.88. The summed E-state index contributed by atoms with van der Waals surface area (Å²) in [4.78, 5) is 15.8. The van der Waals surface area contributed by atoms with E-state index in [2.05, 4.69) is 34.5 Å². The van der Waals surface area contributed by atoms with E-state index in [1.807, 2.05) is 26.8 Å². The third kappa shape index (κ3) is 9.05. The van der Waals surface area contributed by atoms with E-state index in [9.17, 15) is 18.3 Å². The maximum atomic E-state index is 13.7. The highest BCUT2D eigenvalue weighted by Gasteiger charge is 2.44. The first kappa shape index (κ1) is 33.8. The highest BCUT2D eigenvalue weighted by atomic mass is 32.2. The number of benzene rings is 2. The lowest BCUT2D eigenvalue weighted by molar-refractivity contribution is -0.0907. The SMILES string of the molecule is Cc1ccc(S(=O)(=O)N(CC(C)C)C[C@@H](O)[C@H](CC2CCN(Cc3ccccc3)CC2)NC(=O)O[C@H]2CO[C@H]3OCCC32)cc1. The minimum absolute atomic E-state index is 0.00532. The number of amides is 1. The number of carbonyl (C=O) groups excluding carboxylic acids is 1. The van der Waals surface area contributed by atoms with Crippen LogP contribution < -0.4 is 5.32 Å². The number of fused-ring (bicyclic) bond motifs is 1. The summed E-state index contributed by atoms with van der Waals surface area (Å²) in [5.74, 6) is 0.285. The van der Waals surface area contributed by atoms with Gasteiger partial charge in [0.1, 0.15) is 6.10 Å². The molecule has 1 amide bonds. The van der Waals surface area contributed by atoms with Crippen LogP contribution in [0, 0.1) is 24.7 Å². The van der Waals surface area contributed by atoms with E-state index in [1.54, 1.807) is 24.3 Å². The summed E-state index contributed by atoms with van der Waals surface area (Å²) in [6.07, 6.45) is 0.588. The topological polar surface area (TPSA) is 118 Å². The Kier molecular flexibility index (Phi) is 11.5. The second-order valence-electron chi connectivity index (χ2n) is 13.3. The first-order valence-electron chi connectivity index (χ1n) is 16.3. The largest absolute Gasteiger partial charge is 0.443 e. The molecule has 0 bridgehead atoms. The number of carbonyl (C=O) groups is 1. The Labute approximate surface area is 268 Å². The molecule has 2 aromatic carbocycles. The average Bonchev–Trinajstić information content (AvgIpc) is 3.63. The molecule has 2 aromatic rings. The molecule has 248 valence electrons. The molecule has 5 atom stereocenters. The molecule has 3 aliphatic heterocycles. The predicted molar refractivity (Wildman–Crippen MR) is 171 cm³/mol. The third-order valence-electron chi connectivity index (χ3n) is 9.17. The Hall–Kier alpha value is -2.54. The number of ether oxygens (including phenoxy) is 3. The Balaban J connectivity index is 1.27. The molecule has 0 radical (unpaired) electrons. The lowest BCUT2D eigenvalue weighted by Crippen LogP contribution is -2.52. The summed E-state index contributed by atoms with van der Waals surface area (Å²) in [5, 5.41) is 14.6. The number of nitrogens with one attached hydrogen (secondary N) is 1. The lowest BCUT2D eigenvalue weighted by Gasteiger charge is -2.36. The average molecular weight is 644 g/mol. The molecule has 3 aliphatic rings. The number of rotatable bonds is 13. The molecule has 0 aromatic heterocycles. The van der Waals surface area contributed by atoms with Crippen LogP contribution in [0.1, 0.15) is 50.7 Å². The summed E-state index contributed by atoms with van der Waals surface area (Å²) < 4.78 is 45.8. The normalized spacial score (nSPS) is 24.1. The van der Waals surface area contributed by atoms with Gasteiger partial charge in [-0.25, -0.2) is 13.2 Å². The Morgan fingerprint density at radius 2 is 1.76 bits per heavy atom. The maximum absolute atomic E-state index is 13.7. The molecule has 45 heavy (non-hydrogen) atoms. The van der Waals surface area contributed by atoms with Gasteiger partial charge in [-0.2, -0.15) is 4.31 Å². The van der Waals surface area contributed by atoms with Gasteiger partial charge in [-0.1, -0.05) is 61.9 Å². The zero-order valence-electron chi connectivity index (χ0n) is 26.7. The van der Waals surface area contributed by atoms with Crippen LogP contribution in [0.4, 0.5) is 4.79 Å². The molecule has 2 N–H and O–H groups in total. The number of nitrogens with zero attached hydrogens (tertiary/aromatic N) is 2. The van der Waals surface area contributed by atoms with Crippen LogP contribution in [0.25, 0.3) is 0 Å². The van der Waals surface area contributed by atoms with Crippen LogP contribution in [0.3, 0.4) is 0 Å². The highest BCUT2D eigenvalue weighted by molar-refractivity contribution is 7.89. The van der Waals surface area contributed by atoms with Crippen LogP contribution in [0.15, 0.2) is 59.5 Å². The molecule has 0 spiro atoms. The monoisotopic (exact) mass is 643 g/mol. The van der Waals surface area contributed by atoms with Crippen molar-refractivity contribution in [3.63, 3.8) is 0 Å². The van der Waals surface area contributed by atoms with Crippen molar-refractivity contribution in [3.05, 3.63) is 65.7 Å². The number of sulfonamides is 1. The van der Waals surface area contributed by atoms with Gasteiger partial charge < -0.3 is 24.6 Å². The molecule has 1 unspecified atom stereocenters. The van der Waals surface area contributed by atoms with Crippen molar-refractivity contribution >= 4 is 16.1 Å². The number of aliphatic hydroxyl groups excluding tert-OH is 1. The van der Waals surface area contributed by atoms with Gasteiger partial charge in [-0.05, 0) is 75.2 Å². The molecule has 3 fully saturated rings. The van der Waals surface area contributed by atoms with Gasteiger partial charge in [0.25, 0.3) is 0 Å². The van der Waals surface area contributed by atoms with Crippen molar-refractivity contribution < 1.29 is 32.5 Å². The van der Waals surface area contributed by atoms with E-state index in [0.717, 1.165) is 44.5 Å². The van der Waals surface area contributed by atoms with Gasteiger partial charge in [0, 0.05) is 19.6 Å². The van der Waals surface area contributed by atoms with E-state index < -0.39 is 34.4 Å². The number of alkyl carbamates (subject to hydrolysis) is 1. The summed E-state index contributed by atoms with van der Waals surface area (Å²) in [6.45, 7) is 9.46.